The monoisotopic (exact) mass is 259 g/mol. The van der Waals surface area contributed by atoms with Gasteiger partial charge in [-0.25, -0.2) is 0 Å². The van der Waals surface area contributed by atoms with Crippen LogP contribution in [0.3, 0.4) is 0 Å². The molecule has 0 fully saturated rings. The molecule has 0 aliphatic carbocycles. The van der Waals surface area contributed by atoms with E-state index in [1.807, 2.05) is 0 Å². The molecule has 0 spiro atoms. The minimum Gasteiger partial charge on any atom is -0.356 e. The zero-order chi connectivity index (χ0) is 13.5. The molecule has 0 saturated carbocycles. The standard InChI is InChI=1S/C12H29N5O/c13-5-1-7-15-9-3-10-17-12(18)4-11-16-8-2-6-14/h15-16H,1-11,13-14H2,(H,17,18). The quantitative estimate of drug-likeness (QED) is 0.266. The maximum absolute atomic E-state index is 11.4. The highest BCUT2D eigenvalue weighted by Gasteiger charge is 1.99. The van der Waals surface area contributed by atoms with Gasteiger partial charge in [0.05, 0.1) is 0 Å². The number of nitrogens with two attached hydrogens (primary N) is 2. The fraction of sp³-hybridized carbons (Fsp3) is 0.917. The van der Waals surface area contributed by atoms with Crippen molar-refractivity contribution in [3.63, 3.8) is 0 Å². The first kappa shape index (κ1) is 17.3. The van der Waals surface area contributed by atoms with E-state index in [1.165, 1.54) is 0 Å². The van der Waals surface area contributed by atoms with Crippen LogP contribution in [-0.4, -0.2) is 51.7 Å². The molecule has 6 heteroatoms. The number of hydrogen-bond acceptors (Lipinski definition) is 5. The molecule has 7 N–H and O–H groups in total. The van der Waals surface area contributed by atoms with Crippen molar-refractivity contribution < 1.29 is 4.79 Å². The fourth-order valence-corrected chi connectivity index (χ4v) is 1.44. The lowest BCUT2D eigenvalue weighted by Crippen LogP contribution is -2.30. The van der Waals surface area contributed by atoms with E-state index in [-0.39, 0.29) is 5.91 Å². The van der Waals surface area contributed by atoms with E-state index in [0.29, 0.717) is 13.0 Å². The van der Waals surface area contributed by atoms with Crippen molar-refractivity contribution >= 4 is 5.91 Å². The van der Waals surface area contributed by atoms with Crippen molar-refractivity contribution in [1.29, 1.82) is 0 Å². The number of rotatable bonds is 13. The fourth-order valence-electron chi connectivity index (χ4n) is 1.44. The zero-order valence-electron chi connectivity index (χ0n) is 11.3. The van der Waals surface area contributed by atoms with E-state index in [2.05, 4.69) is 16.0 Å². The maximum Gasteiger partial charge on any atom is 0.221 e. The third-order valence-electron chi connectivity index (χ3n) is 2.50. The van der Waals surface area contributed by atoms with Crippen LogP contribution in [0.4, 0.5) is 0 Å². The summed E-state index contributed by atoms with van der Waals surface area (Å²) < 4.78 is 0. The SMILES string of the molecule is NCCCNCCCNC(=O)CCNCCCN. The molecule has 0 aromatic heterocycles. The molecule has 0 atom stereocenters. The van der Waals surface area contributed by atoms with Gasteiger partial charge in [0.2, 0.25) is 5.91 Å². The summed E-state index contributed by atoms with van der Waals surface area (Å²) in [6.45, 7) is 5.63. The summed E-state index contributed by atoms with van der Waals surface area (Å²) in [5.74, 6) is 0.109. The average Bonchev–Trinajstić information content (AvgIpc) is 2.37. The molecular weight excluding hydrogens is 230 g/mol. The van der Waals surface area contributed by atoms with Crippen LogP contribution >= 0.6 is 0 Å². The molecule has 6 nitrogen and oxygen atoms in total. The number of amides is 1. The summed E-state index contributed by atoms with van der Waals surface area (Å²) in [4.78, 5) is 11.4. The van der Waals surface area contributed by atoms with Gasteiger partial charge in [0.1, 0.15) is 0 Å². The van der Waals surface area contributed by atoms with Gasteiger partial charge in [-0.15, -0.1) is 0 Å². The van der Waals surface area contributed by atoms with Gasteiger partial charge in [0.25, 0.3) is 0 Å². The van der Waals surface area contributed by atoms with Crippen LogP contribution in [0, 0.1) is 0 Å². The first-order valence-electron chi connectivity index (χ1n) is 6.89. The topological polar surface area (TPSA) is 105 Å². The summed E-state index contributed by atoms with van der Waals surface area (Å²) in [5, 5.41) is 9.34. The van der Waals surface area contributed by atoms with Gasteiger partial charge in [-0.1, -0.05) is 0 Å². The van der Waals surface area contributed by atoms with Gasteiger partial charge in [0, 0.05) is 19.5 Å². The van der Waals surface area contributed by atoms with Gasteiger partial charge in [0.15, 0.2) is 0 Å². The van der Waals surface area contributed by atoms with Crippen molar-refractivity contribution in [2.45, 2.75) is 25.7 Å². The molecule has 0 aliphatic heterocycles. The van der Waals surface area contributed by atoms with E-state index >= 15 is 0 Å². The normalized spacial score (nSPS) is 10.6. The van der Waals surface area contributed by atoms with Crippen molar-refractivity contribution in [3.05, 3.63) is 0 Å². The predicted molar refractivity (Wildman–Crippen MR) is 75.3 cm³/mol. The smallest absolute Gasteiger partial charge is 0.221 e. The molecule has 18 heavy (non-hydrogen) atoms. The minimum absolute atomic E-state index is 0.109. The lowest BCUT2D eigenvalue weighted by atomic mass is 10.3. The Labute approximate surface area is 110 Å². The predicted octanol–water partition coefficient (Wildman–Crippen LogP) is -1.24. The van der Waals surface area contributed by atoms with E-state index < -0.39 is 0 Å². The Kier molecular flexibility index (Phi) is 13.8. The van der Waals surface area contributed by atoms with E-state index in [4.69, 9.17) is 11.5 Å². The second-order valence-corrected chi connectivity index (χ2v) is 4.24. The molecule has 0 radical (unpaired) electrons. The number of carbonyl (C=O) groups is 1. The molecule has 0 aromatic rings. The molecule has 0 bridgehead atoms. The van der Waals surface area contributed by atoms with Crippen molar-refractivity contribution in [2.24, 2.45) is 11.5 Å². The number of carbonyl (C=O) groups excluding carboxylic acids is 1. The highest BCUT2D eigenvalue weighted by molar-refractivity contribution is 5.75. The maximum atomic E-state index is 11.4. The zero-order valence-corrected chi connectivity index (χ0v) is 11.3. The first-order chi connectivity index (χ1) is 8.81. The van der Waals surface area contributed by atoms with Crippen LogP contribution in [0.25, 0.3) is 0 Å². The van der Waals surface area contributed by atoms with Crippen LogP contribution in [0.5, 0.6) is 0 Å². The van der Waals surface area contributed by atoms with Crippen molar-refractivity contribution in [1.82, 2.24) is 16.0 Å². The first-order valence-corrected chi connectivity index (χ1v) is 6.89. The molecular formula is C12H29N5O. The third-order valence-corrected chi connectivity index (χ3v) is 2.50. The summed E-state index contributed by atoms with van der Waals surface area (Å²) in [6, 6.07) is 0. The molecule has 0 saturated heterocycles. The highest BCUT2D eigenvalue weighted by atomic mass is 16.1. The lowest BCUT2D eigenvalue weighted by molar-refractivity contribution is -0.120. The summed E-state index contributed by atoms with van der Waals surface area (Å²) in [6.07, 6.45) is 3.44. The lowest BCUT2D eigenvalue weighted by Gasteiger charge is -2.07. The summed E-state index contributed by atoms with van der Waals surface area (Å²) >= 11 is 0. The molecule has 1 amide bonds. The Morgan fingerprint density at radius 2 is 1.33 bits per heavy atom. The van der Waals surface area contributed by atoms with Gasteiger partial charge < -0.3 is 27.4 Å². The molecule has 0 aromatic carbocycles. The molecule has 0 unspecified atom stereocenters. The summed E-state index contributed by atoms with van der Waals surface area (Å²) in [5.41, 5.74) is 10.7. The Morgan fingerprint density at radius 1 is 0.778 bits per heavy atom. The van der Waals surface area contributed by atoms with Crippen molar-refractivity contribution in [2.75, 3.05) is 45.8 Å². The Hall–Kier alpha value is -0.690. The van der Waals surface area contributed by atoms with Gasteiger partial charge >= 0.3 is 0 Å². The van der Waals surface area contributed by atoms with E-state index in [9.17, 15) is 4.79 Å². The second-order valence-electron chi connectivity index (χ2n) is 4.24. The third kappa shape index (κ3) is 13.4. The van der Waals surface area contributed by atoms with Gasteiger partial charge in [-0.2, -0.15) is 0 Å². The minimum atomic E-state index is 0.109. The molecule has 0 aliphatic rings. The van der Waals surface area contributed by atoms with Gasteiger partial charge in [-0.05, 0) is 52.0 Å². The Morgan fingerprint density at radius 3 is 1.94 bits per heavy atom. The molecule has 0 heterocycles. The largest absolute Gasteiger partial charge is 0.356 e. The number of hydrogen-bond donors (Lipinski definition) is 5. The second kappa shape index (κ2) is 14.4. The van der Waals surface area contributed by atoms with Crippen LogP contribution in [0.15, 0.2) is 0 Å². The molecule has 108 valence electrons. The van der Waals surface area contributed by atoms with Crippen LogP contribution in [0.1, 0.15) is 25.7 Å². The Bertz CT molecular complexity index is 189. The van der Waals surface area contributed by atoms with E-state index in [0.717, 1.165) is 58.5 Å². The highest BCUT2D eigenvalue weighted by Crippen LogP contribution is 1.81. The molecule has 0 rings (SSSR count). The van der Waals surface area contributed by atoms with Crippen LogP contribution < -0.4 is 27.4 Å². The Balaban J connectivity index is 3.12. The van der Waals surface area contributed by atoms with Crippen LogP contribution in [-0.2, 0) is 4.79 Å². The average molecular weight is 259 g/mol. The summed E-state index contributed by atoms with van der Waals surface area (Å²) in [7, 11) is 0. The number of nitrogens with one attached hydrogen (secondary N) is 3. The van der Waals surface area contributed by atoms with Crippen molar-refractivity contribution in [3.8, 4) is 0 Å². The van der Waals surface area contributed by atoms with Crippen LogP contribution in [0.2, 0.25) is 0 Å². The van der Waals surface area contributed by atoms with Gasteiger partial charge in [-0.3, -0.25) is 4.79 Å². The van der Waals surface area contributed by atoms with E-state index in [1.54, 1.807) is 0 Å².